The van der Waals surface area contributed by atoms with E-state index >= 15 is 0 Å². The van der Waals surface area contributed by atoms with Crippen LogP contribution in [0.15, 0.2) is 34.4 Å². The first-order valence-electron chi connectivity index (χ1n) is 8.12. The van der Waals surface area contributed by atoms with Gasteiger partial charge in [0, 0.05) is 35.6 Å². The summed E-state index contributed by atoms with van der Waals surface area (Å²) in [5.41, 5.74) is 3.32. The summed E-state index contributed by atoms with van der Waals surface area (Å²) in [6.07, 6.45) is 0. The molecule has 3 aromatic heterocycles. The minimum absolute atomic E-state index is 0.0432. The second-order valence-corrected chi connectivity index (χ2v) is 7.20. The van der Waals surface area contributed by atoms with E-state index in [0.717, 1.165) is 22.1 Å². The van der Waals surface area contributed by atoms with E-state index < -0.39 is 0 Å². The summed E-state index contributed by atoms with van der Waals surface area (Å²) in [5, 5.41) is 6.65. The molecule has 3 heterocycles. The predicted octanol–water partition coefficient (Wildman–Crippen LogP) is 3.43. The number of hydrogen-bond donors (Lipinski definition) is 1. The Morgan fingerprint density at radius 1 is 1.25 bits per heavy atom. The first-order chi connectivity index (χ1) is 11.5. The molecule has 0 spiro atoms. The molecule has 6 heteroatoms. The number of aromatic nitrogens is 3. The highest BCUT2D eigenvalue weighted by molar-refractivity contribution is 7.09. The van der Waals surface area contributed by atoms with Gasteiger partial charge in [-0.15, -0.1) is 11.3 Å². The lowest BCUT2D eigenvalue weighted by atomic mass is 10.2. The first kappa shape index (κ1) is 16.8. The number of aryl methyl sites for hydroxylation is 1. The number of nitrogens with one attached hydrogen (secondary N) is 1. The minimum atomic E-state index is -0.0432. The van der Waals surface area contributed by atoms with Crippen LogP contribution >= 0.6 is 11.3 Å². The zero-order chi connectivity index (χ0) is 17.3. The fourth-order valence-corrected chi connectivity index (χ4v) is 3.51. The quantitative estimate of drug-likeness (QED) is 0.772. The van der Waals surface area contributed by atoms with E-state index in [0.29, 0.717) is 18.1 Å². The molecule has 0 aliphatic heterocycles. The van der Waals surface area contributed by atoms with Crippen LogP contribution in [0, 0.1) is 6.92 Å². The molecular formula is C18H22N4OS. The number of rotatable bonds is 5. The lowest BCUT2D eigenvalue weighted by Gasteiger charge is -2.12. The first-order valence-corrected chi connectivity index (χ1v) is 9.00. The van der Waals surface area contributed by atoms with Crippen molar-refractivity contribution in [1.82, 2.24) is 19.7 Å². The predicted molar refractivity (Wildman–Crippen MR) is 97.7 cm³/mol. The number of nitrogens with zero attached hydrogens (tertiary/aromatic N) is 3. The maximum atomic E-state index is 12.3. The van der Waals surface area contributed by atoms with Gasteiger partial charge in [-0.25, -0.2) is 9.97 Å². The number of fused-ring (bicyclic) bond motifs is 1. The molecule has 0 aromatic carbocycles. The maximum absolute atomic E-state index is 12.3. The molecule has 0 saturated carbocycles. The van der Waals surface area contributed by atoms with Gasteiger partial charge < -0.3 is 5.32 Å². The molecule has 0 saturated heterocycles. The van der Waals surface area contributed by atoms with Gasteiger partial charge in [0.25, 0.3) is 5.56 Å². The van der Waals surface area contributed by atoms with Gasteiger partial charge in [0.05, 0.1) is 16.4 Å². The van der Waals surface area contributed by atoms with Crippen molar-refractivity contribution in [2.45, 2.75) is 46.2 Å². The van der Waals surface area contributed by atoms with Crippen molar-refractivity contribution in [1.29, 1.82) is 0 Å². The smallest absolute Gasteiger partial charge is 0.258 e. The molecule has 0 aliphatic carbocycles. The van der Waals surface area contributed by atoms with Crippen molar-refractivity contribution < 1.29 is 0 Å². The van der Waals surface area contributed by atoms with Gasteiger partial charge in [-0.1, -0.05) is 19.9 Å². The Bertz CT molecular complexity index is 913. The maximum Gasteiger partial charge on any atom is 0.258 e. The standard InChI is InChI=1S/C18H22N4OS/c1-11(2)18-21-15(10-24-18)13(4)19-9-14-8-17(23)22-12(3)6-5-7-16(22)20-14/h5-8,10-11,13,19H,9H2,1-4H3. The van der Waals surface area contributed by atoms with Crippen LogP contribution in [0.25, 0.3) is 5.65 Å². The van der Waals surface area contributed by atoms with Crippen LogP contribution < -0.4 is 10.9 Å². The molecule has 1 N–H and O–H groups in total. The monoisotopic (exact) mass is 342 g/mol. The van der Waals surface area contributed by atoms with Crippen LogP contribution in [0.5, 0.6) is 0 Å². The lowest BCUT2D eigenvalue weighted by Crippen LogP contribution is -2.23. The molecule has 5 nitrogen and oxygen atoms in total. The third-order valence-electron chi connectivity index (χ3n) is 4.00. The zero-order valence-electron chi connectivity index (χ0n) is 14.4. The average Bonchev–Trinajstić information content (AvgIpc) is 3.02. The van der Waals surface area contributed by atoms with Crippen molar-refractivity contribution in [3.8, 4) is 0 Å². The summed E-state index contributed by atoms with van der Waals surface area (Å²) in [6, 6.07) is 7.40. The highest BCUT2D eigenvalue weighted by Gasteiger charge is 2.12. The molecule has 0 radical (unpaired) electrons. The molecule has 1 unspecified atom stereocenters. The van der Waals surface area contributed by atoms with Crippen LogP contribution in [0.1, 0.15) is 54.8 Å². The molecule has 0 aliphatic rings. The van der Waals surface area contributed by atoms with E-state index in [2.05, 4.69) is 41.4 Å². The van der Waals surface area contributed by atoms with Crippen LogP contribution in [0.2, 0.25) is 0 Å². The number of hydrogen-bond acceptors (Lipinski definition) is 5. The third-order valence-corrected chi connectivity index (χ3v) is 5.16. The Labute approximate surface area is 145 Å². The van der Waals surface area contributed by atoms with Crippen molar-refractivity contribution in [3.63, 3.8) is 0 Å². The van der Waals surface area contributed by atoms with E-state index in [9.17, 15) is 4.79 Å². The van der Waals surface area contributed by atoms with E-state index in [1.807, 2.05) is 25.1 Å². The van der Waals surface area contributed by atoms with E-state index in [1.165, 1.54) is 0 Å². The Hall–Kier alpha value is -2.05. The van der Waals surface area contributed by atoms with Crippen LogP contribution in [0.4, 0.5) is 0 Å². The summed E-state index contributed by atoms with van der Waals surface area (Å²) in [7, 11) is 0. The van der Waals surface area contributed by atoms with Crippen LogP contribution in [0.3, 0.4) is 0 Å². The number of thiazole rings is 1. The third kappa shape index (κ3) is 3.39. The Balaban J connectivity index is 1.76. The van der Waals surface area contributed by atoms with Gasteiger partial charge in [-0.2, -0.15) is 0 Å². The molecule has 3 aromatic rings. The Morgan fingerprint density at radius 3 is 2.75 bits per heavy atom. The summed E-state index contributed by atoms with van der Waals surface area (Å²) in [4.78, 5) is 21.5. The van der Waals surface area contributed by atoms with Crippen molar-refractivity contribution in [3.05, 3.63) is 62.1 Å². The summed E-state index contributed by atoms with van der Waals surface area (Å²) < 4.78 is 1.63. The van der Waals surface area contributed by atoms with Gasteiger partial charge in [0.2, 0.25) is 0 Å². The summed E-state index contributed by atoms with van der Waals surface area (Å²) >= 11 is 1.69. The highest BCUT2D eigenvalue weighted by atomic mass is 32.1. The van der Waals surface area contributed by atoms with Gasteiger partial charge in [-0.3, -0.25) is 9.20 Å². The van der Waals surface area contributed by atoms with Gasteiger partial charge >= 0.3 is 0 Å². The van der Waals surface area contributed by atoms with Crippen molar-refractivity contribution >= 4 is 17.0 Å². The van der Waals surface area contributed by atoms with E-state index in [-0.39, 0.29) is 11.6 Å². The molecule has 1 atom stereocenters. The topological polar surface area (TPSA) is 59.3 Å². The second kappa shape index (κ2) is 6.83. The zero-order valence-corrected chi connectivity index (χ0v) is 15.2. The largest absolute Gasteiger partial charge is 0.303 e. The molecule has 126 valence electrons. The molecule has 0 amide bonds. The Morgan fingerprint density at radius 2 is 2.04 bits per heavy atom. The van der Waals surface area contributed by atoms with Crippen LogP contribution in [-0.2, 0) is 6.54 Å². The SMILES string of the molecule is Cc1cccc2nc(CNC(C)c3csc(C(C)C)n3)cc(=O)n12. The molecule has 24 heavy (non-hydrogen) atoms. The second-order valence-electron chi connectivity index (χ2n) is 6.31. The van der Waals surface area contributed by atoms with E-state index in [4.69, 9.17) is 0 Å². The van der Waals surface area contributed by atoms with Gasteiger partial charge in [0.15, 0.2) is 0 Å². The number of pyridine rings is 1. The normalized spacial score (nSPS) is 12.9. The summed E-state index contributed by atoms with van der Waals surface area (Å²) in [5.74, 6) is 0.446. The summed E-state index contributed by atoms with van der Waals surface area (Å²) in [6.45, 7) is 8.82. The average molecular weight is 342 g/mol. The van der Waals surface area contributed by atoms with Crippen LogP contribution in [-0.4, -0.2) is 14.4 Å². The molecule has 3 rings (SSSR count). The van der Waals surface area contributed by atoms with E-state index in [1.54, 1.807) is 21.8 Å². The van der Waals surface area contributed by atoms with Gasteiger partial charge in [-0.05, 0) is 26.0 Å². The molecule has 0 fully saturated rings. The Kier molecular flexibility index (Phi) is 4.78. The fraction of sp³-hybridized carbons (Fsp3) is 0.389. The van der Waals surface area contributed by atoms with Crippen molar-refractivity contribution in [2.75, 3.05) is 0 Å². The molecular weight excluding hydrogens is 320 g/mol. The fourth-order valence-electron chi connectivity index (χ4n) is 2.58. The van der Waals surface area contributed by atoms with Gasteiger partial charge in [0.1, 0.15) is 5.65 Å². The lowest BCUT2D eigenvalue weighted by molar-refractivity contribution is 0.555. The minimum Gasteiger partial charge on any atom is -0.303 e. The molecule has 0 bridgehead atoms. The van der Waals surface area contributed by atoms with Crippen molar-refractivity contribution in [2.24, 2.45) is 0 Å². The highest BCUT2D eigenvalue weighted by Crippen LogP contribution is 2.22.